The lowest BCUT2D eigenvalue weighted by Crippen LogP contribution is -2.47. The van der Waals surface area contributed by atoms with Gasteiger partial charge in [-0.1, -0.05) is 6.07 Å². The zero-order valence-electron chi connectivity index (χ0n) is 15.2. The molecule has 1 aliphatic heterocycles. The molecule has 0 radical (unpaired) electrons. The summed E-state index contributed by atoms with van der Waals surface area (Å²) in [6.07, 6.45) is 5.66. The van der Waals surface area contributed by atoms with Crippen LogP contribution in [-0.2, 0) is 4.74 Å². The van der Waals surface area contributed by atoms with Gasteiger partial charge in [0.05, 0.1) is 19.3 Å². The Morgan fingerprint density at radius 3 is 2.76 bits per heavy atom. The van der Waals surface area contributed by atoms with Gasteiger partial charge in [-0.05, 0) is 48.5 Å². The van der Waals surface area contributed by atoms with Gasteiger partial charge in [-0.25, -0.2) is 0 Å². The third kappa shape index (κ3) is 4.18. The van der Waals surface area contributed by atoms with E-state index in [0.29, 0.717) is 11.5 Å². The molecule has 5 nitrogen and oxygen atoms in total. The Labute approximate surface area is 154 Å². The maximum Gasteiger partial charge on any atom is 0.191 e. The van der Waals surface area contributed by atoms with E-state index in [9.17, 15) is 0 Å². The number of hydrogen-bond donors (Lipinski definition) is 2. The van der Waals surface area contributed by atoms with E-state index < -0.39 is 0 Å². The van der Waals surface area contributed by atoms with Crippen LogP contribution in [0, 0.1) is 11.3 Å². The Morgan fingerprint density at radius 2 is 2.16 bits per heavy atom. The van der Waals surface area contributed by atoms with Gasteiger partial charge in [-0.2, -0.15) is 0 Å². The molecule has 0 amide bonds. The molecular weight excluding hydrogens is 332 g/mol. The second kappa shape index (κ2) is 7.64. The predicted octanol–water partition coefficient (Wildman–Crippen LogP) is 2.48. The highest BCUT2D eigenvalue weighted by Crippen LogP contribution is 2.60. The van der Waals surface area contributed by atoms with Crippen molar-refractivity contribution in [2.24, 2.45) is 16.3 Å². The van der Waals surface area contributed by atoms with E-state index >= 15 is 0 Å². The zero-order valence-corrected chi connectivity index (χ0v) is 16.0. The smallest absolute Gasteiger partial charge is 0.191 e. The van der Waals surface area contributed by atoms with Gasteiger partial charge in [0.2, 0.25) is 0 Å². The topological polar surface area (TPSA) is 48.9 Å². The van der Waals surface area contributed by atoms with Gasteiger partial charge in [0.15, 0.2) is 5.96 Å². The summed E-state index contributed by atoms with van der Waals surface area (Å²) in [5.74, 6) is 1.92. The van der Waals surface area contributed by atoms with Gasteiger partial charge in [0.1, 0.15) is 0 Å². The van der Waals surface area contributed by atoms with Gasteiger partial charge < -0.3 is 15.4 Å². The summed E-state index contributed by atoms with van der Waals surface area (Å²) in [5.41, 5.74) is 0.592. The number of rotatable bonds is 7. The first-order valence-electron chi connectivity index (χ1n) is 9.60. The van der Waals surface area contributed by atoms with Crippen LogP contribution in [0.3, 0.4) is 0 Å². The molecule has 25 heavy (non-hydrogen) atoms. The normalized spacial score (nSPS) is 24.8. The number of guanidine groups is 1. The number of nitrogens with zero attached hydrogens (tertiary/aromatic N) is 2. The van der Waals surface area contributed by atoms with Crippen LogP contribution in [0.15, 0.2) is 22.5 Å². The molecule has 1 unspecified atom stereocenters. The van der Waals surface area contributed by atoms with Crippen molar-refractivity contribution in [2.75, 3.05) is 46.4 Å². The molecule has 2 aliphatic carbocycles. The number of nitrogens with one attached hydrogen (secondary N) is 2. The molecule has 138 valence electrons. The number of hydrogen-bond acceptors (Lipinski definition) is 4. The minimum Gasteiger partial charge on any atom is -0.379 e. The Bertz CT molecular complexity index is 574. The van der Waals surface area contributed by atoms with Crippen molar-refractivity contribution in [3.05, 3.63) is 22.4 Å². The molecule has 0 spiro atoms. The summed E-state index contributed by atoms with van der Waals surface area (Å²) < 4.78 is 5.53. The summed E-state index contributed by atoms with van der Waals surface area (Å²) >= 11 is 1.84. The van der Waals surface area contributed by atoms with E-state index in [4.69, 9.17) is 4.74 Å². The third-order valence-corrected chi connectivity index (χ3v) is 6.96. The van der Waals surface area contributed by atoms with Crippen LogP contribution in [0.2, 0.25) is 0 Å². The maximum absolute atomic E-state index is 5.53. The first-order valence-corrected chi connectivity index (χ1v) is 10.5. The van der Waals surface area contributed by atoms with Crippen LogP contribution < -0.4 is 10.6 Å². The standard InChI is InChI=1S/C19H30N4OS/c1-20-18(22-14-19(6-7-19)15-4-5-15)21-13-16(17-3-2-12-25-17)23-8-10-24-11-9-23/h2-3,12,15-16H,4-11,13-14H2,1H3,(H2,20,21,22). The molecule has 3 fully saturated rings. The van der Waals surface area contributed by atoms with Gasteiger partial charge in [0, 0.05) is 38.1 Å². The number of ether oxygens (including phenoxy) is 1. The fraction of sp³-hybridized carbons (Fsp3) is 0.737. The van der Waals surface area contributed by atoms with Crippen LogP contribution in [0.1, 0.15) is 36.6 Å². The van der Waals surface area contributed by atoms with Crippen molar-refractivity contribution in [3.8, 4) is 0 Å². The van der Waals surface area contributed by atoms with Gasteiger partial charge >= 0.3 is 0 Å². The summed E-state index contributed by atoms with van der Waals surface area (Å²) in [6.45, 7) is 5.63. The minimum atomic E-state index is 0.390. The van der Waals surface area contributed by atoms with Gasteiger partial charge in [0.25, 0.3) is 0 Å². The quantitative estimate of drug-likeness (QED) is 0.578. The van der Waals surface area contributed by atoms with Crippen molar-refractivity contribution in [1.29, 1.82) is 0 Å². The molecule has 0 bridgehead atoms. The minimum absolute atomic E-state index is 0.390. The molecule has 3 aliphatic rings. The van der Waals surface area contributed by atoms with E-state index in [-0.39, 0.29) is 0 Å². The monoisotopic (exact) mass is 362 g/mol. The van der Waals surface area contributed by atoms with E-state index in [1.165, 1.54) is 30.6 Å². The van der Waals surface area contributed by atoms with E-state index in [1.54, 1.807) is 0 Å². The molecule has 4 rings (SSSR count). The molecule has 1 saturated heterocycles. The zero-order chi connectivity index (χ0) is 17.1. The second-order valence-corrected chi connectivity index (χ2v) is 8.60. The van der Waals surface area contributed by atoms with E-state index in [0.717, 1.165) is 51.3 Å². The summed E-state index contributed by atoms with van der Waals surface area (Å²) in [4.78, 5) is 8.40. The van der Waals surface area contributed by atoms with Crippen molar-refractivity contribution in [1.82, 2.24) is 15.5 Å². The lowest BCUT2D eigenvalue weighted by Gasteiger charge is -2.34. The fourth-order valence-corrected chi connectivity index (χ4v) is 4.90. The Balaban J connectivity index is 1.32. The Hall–Kier alpha value is -1.11. The van der Waals surface area contributed by atoms with Crippen LogP contribution in [0.5, 0.6) is 0 Å². The van der Waals surface area contributed by atoms with E-state index in [1.807, 2.05) is 18.4 Å². The molecule has 6 heteroatoms. The molecule has 0 aromatic carbocycles. The summed E-state index contributed by atoms with van der Waals surface area (Å²) in [5, 5.41) is 9.34. The predicted molar refractivity (Wildman–Crippen MR) is 103 cm³/mol. The highest BCUT2D eigenvalue weighted by molar-refractivity contribution is 7.10. The maximum atomic E-state index is 5.53. The van der Waals surface area contributed by atoms with Crippen LogP contribution in [0.25, 0.3) is 0 Å². The van der Waals surface area contributed by atoms with Gasteiger partial charge in [-0.15, -0.1) is 11.3 Å². The highest BCUT2D eigenvalue weighted by Gasteiger charge is 2.53. The third-order valence-electron chi connectivity index (χ3n) is 5.99. The average Bonchev–Trinajstić information content (AvgIpc) is 3.57. The fourth-order valence-electron chi connectivity index (χ4n) is 4.04. The average molecular weight is 363 g/mol. The molecule has 2 N–H and O–H groups in total. The molecular formula is C19H30N4OS. The van der Waals surface area contributed by atoms with Crippen molar-refractivity contribution in [3.63, 3.8) is 0 Å². The van der Waals surface area contributed by atoms with Crippen LogP contribution in [-0.4, -0.2) is 57.3 Å². The first kappa shape index (κ1) is 17.3. The SMILES string of the molecule is CN=C(NCC(c1cccs1)N1CCOCC1)NCC1(C2CC2)CC1. The molecule has 2 heterocycles. The molecule has 1 aromatic rings. The summed E-state index contributed by atoms with van der Waals surface area (Å²) in [7, 11) is 1.88. The number of morpholine rings is 1. The second-order valence-electron chi connectivity index (χ2n) is 7.62. The highest BCUT2D eigenvalue weighted by atomic mass is 32.1. The van der Waals surface area contributed by atoms with Crippen LogP contribution in [0.4, 0.5) is 0 Å². The lowest BCUT2D eigenvalue weighted by atomic mass is 10.0. The van der Waals surface area contributed by atoms with Crippen molar-refractivity contribution < 1.29 is 4.74 Å². The van der Waals surface area contributed by atoms with E-state index in [2.05, 4.69) is 38.0 Å². The number of thiophene rings is 1. The molecule has 2 saturated carbocycles. The van der Waals surface area contributed by atoms with Crippen LogP contribution >= 0.6 is 11.3 Å². The first-order chi connectivity index (χ1) is 12.3. The lowest BCUT2D eigenvalue weighted by molar-refractivity contribution is 0.0177. The Kier molecular flexibility index (Phi) is 5.29. The number of aliphatic imine (C=N–C) groups is 1. The molecule has 1 aromatic heterocycles. The molecule has 1 atom stereocenters. The van der Waals surface area contributed by atoms with Crippen molar-refractivity contribution in [2.45, 2.75) is 31.7 Å². The summed E-state index contributed by atoms with van der Waals surface area (Å²) in [6, 6.07) is 4.78. The van der Waals surface area contributed by atoms with Crippen molar-refractivity contribution >= 4 is 17.3 Å². The van der Waals surface area contributed by atoms with Gasteiger partial charge in [-0.3, -0.25) is 9.89 Å². The Morgan fingerprint density at radius 1 is 1.36 bits per heavy atom. The largest absolute Gasteiger partial charge is 0.379 e.